The summed E-state index contributed by atoms with van der Waals surface area (Å²) in [6.45, 7) is 0.0168. The number of fused-ring (bicyclic) bond motifs is 1. The molecule has 0 radical (unpaired) electrons. The van der Waals surface area contributed by atoms with Gasteiger partial charge in [0, 0.05) is 20.1 Å². The zero-order valence-corrected chi connectivity index (χ0v) is 14.9. The Morgan fingerprint density at radius 2 is 2.07 bits per heavy atom. The van der Waals surface area contributed by atoms with Gasteiger partial charge in [-0.3, -0.25) is 24.0 Å². The molecular weight excluding hydrogens is 354 g/mol. The number of carbonyl (C=O) groups excluding carboxylic acids is 2. The molecular formula is C18H21N3O6. The van der Waals surface area contributed by atoms with Gasteiger partial charge in [0.25, 0.3) is 0 Å². The molecule has 1 atom stereocenters. The van der Waals surface area contributed by atoms with E-state index in [0.717, 1.165) is 5.56 Å². The molecule has 144 valence electrons. The fraction of sp³-hybridized carbons (Fsp3) is 0.444. The van der Waals surface area contributed by atoms with E-state index in [1.54, 1.807) is 13.1 Å². The number of imide groups is 1. The third kappa shape index (κ3) is 3.92. The van der Waals surface area contributed by atoms with E-state index in [2.05, 4.69) is 5.32 Å². The quantitative estimate of drug-likeness (QED) is 0.532. The molecule has 1 saturated heterocycles. The zero-order chi connectivity index (χ0) is 19.6. The van der Waals surface area contributed by atoms with E-state index in [4.69, 9.17) is 9.84 Å². The maximum Gasteiger partial charge on any atom is 0.329 e. The number of nitrogens with zero attached hydrogens (tertiary/aromatic N) is 2. The van der Waals surface area contributed by atoms with Crippen LogP contribution in [0, 0.1) is 0 Å². The molecule has 1 unspecified atom stereocenters. The predicted molar refractivity (Wildman–Crippen MR) is 95.4 cm³/mol. The zero-order valence-electron chi connectivity index (χ0n) is 14.9. The second-order valence-electron chi connectivity index (χ2n) is 6.55. The lowest BCUT2D eigenvalue weighted by atomic mass is 10.1. The first-order valence-electron chi connectivity index (χ1n) is 8.71. The number of imidazole rings is 1. The summed E-state index contributed by atoms with van der Waals surface area (Å²) >= 11 is 0. The van der Waals surface area contributed by atoms with Crippen LogP contribution in [0.15, 0.2) is 23.0 Å². The maximum absolute atomic E-state index is 12.7. The fourth-order valence-corrected chi connectivity index (χ4v) is 3.33. The minimum Gasteiger partial charge on any atom is -0.480 e. The number of piperidine rings is 1. The number of ether oxygens (including phenoxy) is 1. The highest BCUT2D eigenvalue weighted by Crippen LogP contribution is 2.24. The van der Waals surface area contributed by atoms with Crippen molar-refractivity contribution < 1.29 is 24.2 Å². The SMILES string of the molecule is Cn1c(=O)n(C2CCC(=O)NC2=O)c2ccc(CCCOCC(=O)O)cc21. The van der Waals surface area contributed by atoms with E-state index in [1.165, 1.54) is 9.13 Å². The summed E-state index contributed by atoms with van der Waals surface area (Å²) in [5.41, 5.74) is 2.02. The molecule has 1 aliphatic rings. The lowest BCUT2D eigenvalue weighted by Crippen LogP contribution is -2.44. The van der Waals surface area contributed by atoms with Crippen LogP contribution in [0.4, 0.5) is 0 Å². The number of rotatable bonds is 7. The van der Waals surface area contributed by atoms with Crippen molar-refractivity contribution >= 4 is 28.8 Å². The van der Waals surface area contributed by atoms with Crippen LogP contribution in [0.5, 0.6) is 0 Å². The van der Waals surface area contributed by atoms with Crippen LogP contribution in [0.25, 0.3) is 11.0 Å². The third-order valence-electron chi connectivity index (χ3n) is 4.66. The standard InChI is InChI=1S/C18H21N3O6/c1-20-14-9-11(3-2-8-27-10-16(23)24)4-5-12(14)21(18(20)26)13-6-7-15(22)19-17(13)25/h4-5,9,13H,2-3,6-8,10H2,1H3,(H,23,24)(H,19,22,25). The third-order valence-corrected chi connectivity index (χ3v) is 4.66. The summed E-state index contributed by atoms with van der Waals surface area (Å²) in [5.74, 6) is -1.78. The summed E-state index contributed by atoms with van der Waals surface area (Å²) in [4.78, 5) is 46.6. The molecule has 2 heterocycles. The van der Waals surface area contributed by atoms with E-state index in [-0.39, 0.29) is 24.6 Å². The lowest BCUT2D eigenvalue weighted by Gasteiger charge is -2.21. The van der Waals surface area contributed by atoms with Crippen LogP contribution >= 0.6 is 0 Å². The Kier molecular flexibility index (Phi) is 5.41. The Balaban J connectivity index is 1.81. The highest BCUT2D eigenvalue weighted by Gasteiger charge is 2.31. The average Bonchev–Trinajstić information content (AvgIpc) is 2.86. The van der Waals surface area contributed by atoms with E-state index < -0.39 is 17.9 Å². The molecule has 1 fully saturated rings. The number of hydrogen-bond donors (Lipinski definition) is 2. The number of aliphatic carboxylic acids is 1. The maximum atomic E-state index is 12.7. The molecule has 2 amide bonds. The van der Waals surface area contributed by atoms with Crippen molar-refractivity contribution in [3.05, 3.63) is 34.2 Å². The number of amides is 2. The van der Waals surface area contributed by atoms with Gasteiger partial charge in [-0.25, -0.2) is 9.59 Å². The summed E-state index contributed by atoms with van der Waals surface area (Å²) in [6, 6.07) is 4.86. The van der Waals surface area contributed by atoms with Crippen molar-refractivity contribution in [1.29, 1.82) is 0 Å². The summed E-state index contributed by atoms with van der Waals surface area (Å²) in [6.07, 6.45) is 1.83. The second-order valence-corrected chi connectivity index (χ2v) is 6.55. The number of carboxylic acid groups (broad SMARTS) is 1. The topological polar surface area (TPSA) is 120 Å². The van der Waals surface area contributed by atoms with Crippen LogP contribution in [-0.2, 0) is 32.6 Å². The van der Waals surface area contributed by atoms with E-state index in [9.17, 15) is 19.2 Å². The molecule has 0 spiro atoms. The van der Waals surface area contributed by atoms with E-state index >= 15 is 0 Å². The van der Waals surface area contributed by atoms with E-state index in [1.807, 2.05) is 12.1 Å². The van der Waals surface area contributed by atoms with Gasteiger partial charge in [0.2, 0.25) is 11.8 Å². The van der Waals surface area contributed by atoms with Crippen LogP contribution in [0.2, 0.25) is 0 Å². The average molecular weight is 375 g/mol. The number of aryl methyl sites for hydroxylation is 2. The van der Waals surface area contributed by atoms with Gasteiger partial charge >= 0.3 is 11.7 Å². The van der Waals surface area contributed by atoms with Crippen molar-refractivity contribution in [2.75, 3.05) is 13.2 Å². The first-order valence-corrected chi connectivity index (χ1v) is 8.71. The Hall–Kier alpha value is -2.94. The van der Waals surface area contributed by atoms with E-state index in [0.29, 0.717) is 36.9 Å². The van der Waals surface area contributed by atoms with Gasteiger partial charge in [-0.05, 0) is 37.0 Å². The number of benzene rings is 1. The van der Waals surface area contributed by atoms with Crippen LogP contribution < -0.4 is 11.0 Å². The monoisotopic (exact) mass is 375 g/mol. The number of carboxylic acids is 1. The fourth-order valence-electron chi connectivity index (χ4n) is 3.33. The molecule has 9 heteroatoms. The van der Waals surface area contributed by atoms with Gasteiger partial charge in [0.05, 0.1) is 11.0 Å². The Morgan fingerprint density at radius 1 is 1.30 bits per heavy atom. The van der Waals surface area contributed by atoms with Gasteiger partial charge in [-0.15, -0.1) is 0 Å². The molecule has 1 aromatic carbocycles. The van der Waals surface area contributed by atoms with Gasteiger partial charge < -0.3 is 9.84 Å². The Morgan fingerprint density at radius 3 is 2.78 bits per heavy atom. The second kappa shape index (κ2) is 7.75. The summed E-state index contributed by atoms with van der Waals surface area (Å²) < 4.78 is 7.95. The minimum absolute atomic E-state index is 0.202. The summed E-state index contributed by atoms with van der Waals surface area (Å²) in [5, 5.41) is 10.8. The molecule has 0 bridgehead atoms. The van der Waals surface area contributed by atoms with Crippen LogP contribution in [-0.4, -0.2) is 45.2 Å². The Labute approximate surface area is 154 Å². The number of hydrogen-bond acceptors (Lipinski definition) is 5. The molecule has 3 rings (SSSR count). The minimum atomic E-state index is -0.999. The predicted octanol–water partition coefficient (Wildman–Crippen LogP) is 0.352. The number of nitrogens with one attached hydrogen (secondary N) is 1. The molecule has 0 saturated carbocycles. The molecule has 1 aliphatic heterocycles. The smallest absolute Gasteiger partial charge is 0.329 e. The first kappa shape index (κ1) is 18.8. The van der Waals surface area contributed by atoms with Crippen molar-refractivity contribution in [3.63, 3.8) is 0 Å². The Bertz CT molecular complexity index is 958. The first-order chi connectivity index (χ1) is 12.9. The molecule has 0 aliphatic carbocycles. The largest absolute Gasteiger partial charge is 0.480 e. The number of aromatic nitrogens is 2. The van der Waals surface area contributed by atoms with Gasteiger partial charge in [0.15, 0.2) is 0 Å². The normalized spacial score (nSPS) is 17.3. The molecule has 1 aromatic heterocycles. The molecule has 2 aromatic rings. The number of carbonyl (C=O) groups is 3. The summed E-state index contributed by atoms with van der Waals surface area (Å²) in [7, 11) is 1.65. The highest BCUT2D eigenvalue weighted by atomic mass is 16.5. The van der Waals surface area contributed by atoms with Gasteiger partial charge in [0.1, 0.15) is 12.6 Å². The lowest BCUT2D eigenvalue weighted by molar-refractivity contribution is -0.142. The van der Waals surface area contributed by atoms with Crippen molar-refractivity contribution in [1.82, 2.24) is 14.5 Å². The van der Waals surface area contributed by atoms with Gasteiger partial charge in [-0.2, -0.15) is 0 Å². The van der Waals surface area contributed by atoms with Crippen molar-refractivity contribution in [2.24, 2.45) is 7.05 Å². The van der Waals surface area contributed by atoms with Gasteiger partial charge in [-0.1, -0.05) is 6.07 Å². The molecule has 2 N–H and O–H groups in total. The van der Waals surface area contributed by atoms with Crippen molar-refractivity contribution in [2.45, 2.75) is 31.7 Å². The van der Waals surface area contributed by atoms with Crippen LogP contribution in [0.1, 0.15) is 30.9 Å². The van der Waals surface area contributed by atoms with Crippen LogP contribution in [0.3, 0.4) is 0 Å². The molecule has 27 heavy (non-hydrogen) atoms. The van der Waals surface area contributed by atoms with Crippen molar-refractivity contribution in [3.8, 4) is 0 Å². The highest BCUT2D eigenvalue weighted by molar-refractivity contribution is 6.00. The molecule has 9 nitrogen and oxygen atoms in total.